The zero-order valence-electron chi connectivity index (χ0n) is 28.9. The van der Waals surface area contributed by atoms with Crippen molar-refractivity contribution in [3.63, 3.8) is 0 Å². The van der Waals surface area contributed by atoms with Crippen molar-refractivity contribution in [3.05, 3.63) is 182 Å². The maximum Gasteiger partial charge on any atom is 0.137 e. The summed E-state index contributed by atoms with van der Waals surface area (Å²) >= 11 is 3.59. The van der Waals surface area contributed by atoms with Gasteiger partial charge in [0.1, 0.15) is 16.2 Å². The maximum absolute atomic E-state index is 6.61. The first kappa shape index (κ1) is 31.0. The molecular weight excluding hydrogens is 697 g/mol. The first-order valence-corrected chi connectivity index (χ1v) is 19.7. The molecular formula is C49H30N2OS2. The first-order valence-electron chi connectivity index (χ1n) is 18.0. The Morgan fingerprint density at radius 2 is 1.13 bits per heavy atom. The Labute approximate surface area is 319 Å². The average Bonchev–Trinajstić information content (AvgIpc) is 3.95. The molecule has 3 nitrogen and oxygen atoms in total. The summed E-state index contributed by atoms with van der Waals surface area (Å²) in [5.74, 6) is 0. The van der Waals surface area contributed by atoms with Gasteiger partial charge >= 0.3 is 0 Å². The van der Waals surface area contributed by atoms with E-state index in [-0.39, 0.29) is 0 Å². The van der Waals surface area contributed by atoms with E-state index in [0.717, 1.165) is 65.4 Å². The van der Waals surface area contributed by atoms with Crippen molar-refractivity contribution < 1.29 is 4.42 Å². The molecule has 5 heteroatoms. The number of anilines is 3. The summed E-state index contributed by atoms with van der Waals surface area (Å²) < 4.78 is 10.4. The van der Waals surface area contributed by atoms with E-state index in [1.54, 1.807) is 11.3 Å². The van der Waals surface area contributed by atoms with E-state index in [9.17, 15) is 0 Å². The smallest absolute Gasteiger partial charge is 0.137 e. The molecule has 0 amide bonds. The summed E-state index contributed by atoms with van der Waals surface area (Å²) in [7, 11) is 0. The summed E-state index contributed by atoms with van der Waals surface area (Å²) in [6.07, 6.45) is 0. The van der Waals surface area contributed by atoms with E-state index < -0.39 is 0 Å². The van der Waals surface area contributed by atoms with Crippen LogP contribution in [0.15, 0.2) is 186 Å². The van der Waals surface area contributed by atoms with Gasteiger partial charge < -0.3 is 9.32 Å². The Kier molecular flexibility index (Phi) is 7.22. The van der Waals surface area contributed by atoms with Gasteiger partial charge in [0.05, 0.1) is 15.6 Å². The number of rotatable bonds is 6. The Balaban J connectivity index is 1.05. The van der Waals surface area contributed by atoms with Crippen LogP contribution in [0.5, 0.6) is 0 Å². The molecule has 11 aromatic rings. The molecule has 0 spiro atoms. The van der Waals surface area contributed by atoms with Crippen molar-refractivity contribution in [3.8, 4) is 32.8 Å². The normalized spacial score (nSPS) is 11.7. The molecule has 11 rings (SSSR count). The van der Waals surface area contributed by atoms with Crippen LogP contribution in [-0.4, -0.2) is 4.98 Å². The Morgan fingerprint density at radius 3 is 1.98 bits per heavy atom. The number of furan rings is 1. The number of fused-ring (bicyclic) bond motifs is 8. The highest BCUT2D eigenvalue weighted by molar-refractivity contribution is 7.26. The highest BCUT2D eigenvalue weighted by Crippen LogP contribution is 2.44. The van der Waals surface area contributed by atoms with Crippen LogP contribution in [0.3, 0.4) is 0 Å². The Bertz CT molecular complexity index is 3160. The molecule has 0 radical (unpaired) electrons. The van der Waals surface area contributed by atoms with Gasteiger partial charge in [-0.3, -0.25) is 0 Å². The second-order valence-corrected chi connectivity index (χ2v) is 15.6. The fourth-order valence-electron chi connectivity index (χ4n) is 7.75. The molecule has 3 aromatic heterocycles. The molecule has 0 N–H and O–H groups in total. The molecule has 0 aliphatic carbocycles. The molecule has 0 fully saturated rings. The number of hydrogen-bond acceptors (Lipinski definition) is 5. The van der Waals surface area contributed by atoms with Crippen LogP contribution in [0.1, 0.15) is 0 Å². The maximum atomic E-state index is 6.61. The van der Waals surface area contributed by atoms with Gasteiger partial charge in [-0.25, -0.2) is 4.98 Å². The third kappa shape index (κ3) is 5.12. The number of hydrogen-bond donors (Lipinski definition) is 0. The van der Waals surface area contributed by atoms with Crippen molar-refractivity contribution in [1.82, 2.24) is 4.98 Å². The fourth-order valence-corrected chi connectivity index (χ4v) is 9.97. The molecule has 0 unspecified atom stereocenters. The standard InChI is InChI=1S/C49H30N2OS2/c1-3-11-31(12-4-1)34-15-9-16-36(29-34)51(35-23-21-32(22-24-35)38-18-10-19-40-39-17-7-8-20-44(39)53-48(38)40)37-25-26-41-43(30-37)52-42-27-28-45-47(46(41)42)50-49(54-45)33-13-5-2-6-14-33/h1-30H. The van der Waals surface area contributed by atoms with Crippen molar-refractivity contribution in [2.75, 3.05) is 4.90 Å². The second kappa shape index (κ2) is 12.6. The van der Waals surface area contributed by atoms with Crippen LogP contribution in [0.4, 0.5) is 17.1 Å². The Hall–Kier alpha value is -6.53. The minimum Gasteiger partial charge on any atom is -0.456 e. The molecule has 254 valence electrons. The van der Waals surface area contributed by atoms with Crippen LogP contribution < -0.4 is 4.90 Å². The summed E-state index contributed by atoms with van der Waals surface area (Å²) in [6, 6.07) is 64.9. The van der Waals surface area contributed by atoms with Crippen molar-refractivity contribution in [2.24, 2.45) is 0 Å². The van der Waals surface area contributed by atoms with Crippen LogP contribution >= 0.6 is 22.7 Å². The average molecular weight is 727 g/mol. The quantitative estimate of drug-likeness (QED) is 0.171. The van der Waals surface area contributed by atoms with Gasteiger partial charge in [-0.1, -0.05) is 121 Å². The lowest BCUT2D eigenvalue weighted by atomic mass is 10.0. The number of thiophene rings is 1. The molecule has 0 saturated carbocycles. The van der Waals surface area contributed by atoms with Gasteiger partial charge in [-0.2, -0.15) is 0 Å². The lowest BCUT2D eigenvalue weighted by Gasteiger charge is -2.26. The fraction of sp³-hybridized carbons (Fsp3) is 0. The Morgan fingerprint density at radius 1 is 0.426 bits per heavy atom. The van der Waals surface area contributed by atoms with Crippen molar-refractivity contribution in [2.45, 2.75) is 0 Å². The van der Waals surface area contributed by atoms with Gasteiger partial charge in [0.2, 0.25) is 0 Å². The SMILES string of the molecule is c1ccc(-c2cccc(N(c3ccc(-c4cccc5c4sc4ccccc45)cc3)c3ccc4c(c3)oc3ccc5sc(-c6ccccc6)nc5c34)c2)cc1. The van der Waals surface area contributed by atoms with E-state index in [0.29, 0.717) is 0 Å². The minimum atomic E-state index is 0.835. The number of thiazole rings is 1. The summed E-state index contributed by atoms with van der Waals surface area (Å²) in [5, 5.41) is 5.76. The molecule has 0 saturated heterocycles. The van der Waals surface area contributed by atoms with Gasteiger partial charge in [-0.05, 0) is 76.9 Å². The number of nitrogens with zero attached hydrogens (tertiary/aromatic N) is 2. The van der Waals surface area contributed by atoms with Gasteiger partial charge in [0.15, 0.2) is 0 Å². The van der Waals surface area contributed by atoms with E-state index in [2.05, 4.69) is 181 Å². The monoisotopic (exact) mass is 726 g/mol. The zero-order valence-corrected chi connectivity index (χ0v) is 30.6. The molecule has 3 heterocycles. The molecule has 0 bridgehead atoms. The van der Waals surface area contributed by atoms with E-state index >= 15 is 0 Å². The zero-order chi connectivity index (χ0) is 35.6. The van der Waals surface area contributed by atoms with E-state index in [1.807, 2.05) is 17.4 Å². The second-order valence-electron chi connectivity index (χ2n) is 13.5. The third-order valence-corrected chi connectivity index (χ3v) is 12.6. The van der Waals surface area contributed by atoms with Crippen molar-refractivity contribution >= 4 is 92.1 Å². The van der Waals surface area contributed by atoms with Gasteiger partial charge in [0.25, 0.3) is 0 Å². The molecule has 0 aliphatic heterocycles. The minimum absolute atomic E-state index is 0.835. The topological polar surface area (TPSA) is 29.3 Å². The van der Waals surface area contributed by atoms with Crippen molar-refractivity contribution in [1.29, 1.82) is 0 Å². The summed E-state index contributed by atoms with van der Waals surface area (Å²) in [5.41, 5.74) is 11.7. The largest absolute Gasteiger partial charge is 0.456 e. The highest BCUT2D eigenvalue weighted by atomic mass is 32.1. The van der Waals surface area contributed by atoms with Gasteiger partial charge in [-0.15, -0.1) is 22.7 Å². The van der Waals surface area contributed by atoms with Crippen LogP contribution in [0, 0.1) is 0 Å². The molecule has 0 atom stereocenters. The first-order chi connectivity index (χ1) is 26.7. The highest BCUT2D eigenvalue weighted by Gasteiger charge is 2.19. The lowest BCUT2D eigenvalue weighted by molar-refractivity contribution is 0.669. The number of aromatic nitrogens is 1. The molecule has 8 aromatic carbocycles. The van der Waals surface area contributed by atoms with Crippen LogP contribution in [0.25, 0.3) is 85.2 Å². The van der Waals surface area contributed by atoms with Crippen LogP contribution in [0.2, 0.25) is 0 Å². The summed E-state index contributed by atoms with van der Waals surface area (Å²) in [4.78, 5) is 7.47. The number of benzene rings is 8. The third-order valence-electron chi connectivity index (χ3n) is 10.3. The van der Waals surface area contributed by atoms with Gasteiger partial charge in [0, 0.05) is 54.3 Å². The van der Waals surface area contributed by atoms with Crippen LogP contribution in [-0.2, 0) is 0 Å². The molecule has 54 heavy (non-hydrogen) atoms. The summed E-state index contributed by atoms with van der Waals surface area (Å²) in [6.45, 7) is 0. The predicted molar refractivity (Wildman–Crippen MR) is 231 cm³/mol. The van der Waals surface area contributed by atoms with E-state index in [1.165, 1.54) is 36.9 Å². The lowest BCUT2D eigenvalue weighted by Crippen LogP contribution is -2.10. The predicted octanol–water partition coefficient (Wildman–Crippen LogP) is 15.0. The van der Waals surface area contributed by atoms with E-state index in [4.69, 9.17) is 9.40 Å². The molecule has 0 aliphatic rings.